The number of hydrogen-bond acceptors (Lipinski definition) is 2. The van der Waals surface area contributed by atoms with Crippen molar-refractivity contribution in [3.8, 4) is 0 Å². The van der Waals surface area contributed by atoms with Gasteiger partial charge in [0.25, 0.3) is 0 Å². The van der Waals surface area contributed by atoms with Crippen LogP contribution in [-0.4, -0.2) is 15.7 Å². The second kappa shape index (κ2) is 6.77. The molecule has 0 unspecified atom stereocenters. The normalized spacial score (nSPS) is 11.1. The first-order chi connectivity index (χ1) is 9.88. The molecule has 0 saturated heterocycles. The van der Waals surface area contributed by atoms with Crippen LogP contribution in [0.2, 0.25) is 5.15 Å². The fourth-order valence-corrected chi connectivity index (χ4v) is 2.71. The zero-order chi connectivity index (χ0) is 15.6. The van der Waals surface area contributed by atoms with E-state index >= 15 is 0 Å². The maximum absolute atomic E-state index is 12.0. The summed E-state index contributed by atoms with van der Waals surface area (Å²) in [6.07, 6.45) is 3.09. The lowest BCUT2D eigenvalue weighted by atomic mass is 10.2. The van der Waals surface area contributed by atoms with Gasteiger partial charge in [-0.05, 0) is 47.1 Å². The molecule has 7 heteroatoms. The van der Waals surface area contributed by atoms with Gasteiger partial charge in [-0.1, -0.05) is 27.5 Å². The van der Waals surface area contributed by atoms with E-state index < -0.39 is 0 Å². The average Bonchev–Trinajstić information content (AvgIpc) is 2.66. The van der Waals surface area contributed by atoms with Gasteiger partial charge >= 0.3 is 0 Å². The number of benzene rings is 1. The van der Waals surface area contributed by atoms with Crippen LogP contribution in [0.4, 0.5) is 5.69 Å². The summed E-state index contributed by atoms with van der Waals surface area (Å²) in [5.74, 6) is -0.242. The number of nitrogens with zero attached hydrogens (tertiary/aromatic N) is 2. The Hall–Kier alpha value is -1.11. The van der Waals surface area contributed by atoms with Gasteiger partial charge in [-0.25, -0.2) is 0 Å². The first-order valence-electron chi connectivity index (χ1n) is 6.01. The minimum absolute atomic E-state index is 0.242. The molecule has 0 atom stereocenters. The summed E-state index contributed by atoms with van der Waals surface area (Å²) in [5, 5.41) is 7.48. The topological polar surface area (TPSA) is 46.9 Å². The van der Waals surface area contributed by atoms with Crippen LogP contribution < -0.4 is 5.32 Å². The predicted molar refractivity (Wildman–Crippen MR) is 92.5 cm³/mol. The molecule has 110 valence electrons. The van der Waals surface area contributed by atoms with Gasteiger partial charge in [0.1, 0.15) is 5.15 Å². The van der Waals surface area contributed by atoms with Crippen LogP contribution in [0.25, 0.3) is 6.08 Å². The molecule has 1 aromatic carbocycles. The molecule has 21 heavy (non-hydrogen) atoms. The Morgan fingerprint density at radius 1 is 1.43 bits per heavy atom. The maximum atomic E-state index is 12.0. The first-order valence-corrected chi connectivity index (χ1v) is 7.98. The molecule has 0 aliphatic heterocycles. The lowest BCUT2D eigenvalue weighted by molar-refractivity contribution is -0.111. The molecule has 2 aromatic rings. The Kier molecular flexibility index (Phi) is 5.24. The van der Waals surface area contributed by atoms with Gasteiger partial charge < -0.3 is 5.32 Å². The summed E-state index contributed by atoms with van der Waals surface area (Å²) in [7, 11) is 1.76. The maximum Gasteiger partial charge on any atom is 0.248 e. The van der Waals surface area contributed by atoms with Crippen molar-refractivity contribution in [1.29, 1.82) is 0 Å². The molecule has 1 N–H and O–H groups in total. The number of hydrogen-bond donors (Lipinski definition) is 1. The molecule has 4 nitrogen and oxygen atoms in total. The second-order valence-corrected chi connectivity index (χ2v) is 6.49. The molecule has 1 amide bonds. The Morgan fingerprint density at radius 2 is 2.14 bits per heavy atom. The molecule has 0 saturated carbocycles. The molecule has 0 radical (unpaired) electrons. The van der Waals surface area contributed by atoms with Crippen LogP contribution >= 0.6 is 43.5 Å². The highest BCUT2D eigenvalue weighted by Gasteiger charge is 2.09. The van der Waals surface area contributed by atoms with Gasteiger partial charge in [-0.2, -0.15) is 5.10 Å². The van der Waals surface area contributed by atoms with Crippen LogP contribution in [0, 0.1) is 6.92 Å². The van der Waals surface area contributed by atoms with Crippen molar-refractivity contribution >= 4 is 61.1 Å². The van der Waals surface area contributed by atoms with Crippen molar-refractivity contribution in [2.75, 3.05) is 5.32 Å². The third-order valence-electron chi connectivity index (χ3n) is 2.78. The quantitative estimate of drug-likeness (QED) is 0.722. The molecular formula is C14H12Br2ClN3O. The fourth-order valence-electron chi connectivity index (χ4n) is 1.76. The number of carbonyl (C=O) groups excluding carboxylic acids is 1. The Balaban J connectivity index is 2.15. The minimum Gasteiger partial charge on any atom is -0.321 e. The molecule has 1 aromatic heterocycles. The van der Waals surface area contributed by atoms with Crippen LogP contribution in [0.15, 0.2) is 33.2 Å². The van der Waals surface area contributed by atoms with Crippen molar-refractivity contribution in [2.45, 2.75) is 6.92 Å². The van der Waals surface area contributed by atoms with Gasteiger partial charge in [0.05, 0.1) is 11.4 Å². The molecular weight excluding hydrogens is 421 g/mol. The first kappa shape index (κ1) is 16.3. The van der Waals surface area contributed by atoms with E-state index in [4.69, 9.17) is 11.6 Å². The summed E-state index contributed by atoms with van der Waals surface area (Å²) in [6.45, 7) is 1.84. The van der Waals surface area contributed by atoms with Crippen molar-refractivity contribution in [2.24, 2.45) is 7.05 Å². The zero-order valence-corrected chi connectivity index (χ0v) is 15.3. The van der Waals surface area contributed by atoms with Gasteiger partial charge in [0, 0.05) is 27.6 Å². The summed E-state index contributed by atoms with van der Waals surface area (Å²) >= 11 is 12.9. The lowest BCUT2D eigenvalue weighted by Crippen LogP contribution is -2.08. The third kappa shape index (κ3) is 3.96. The Labute approximate surface area is 144 Å². The van der Waals surface area contributed by atoms with E-state index in [1.807, 2.05) is 25.1 Å². The lowest BCUT2D eigenvalue weighted by Gasteiger charge is -2.05. The number of amides is 1. The third-order valence-corrected chi connectivity index (χ3v) is 4.42. The molecule has 0 aliphatic rings. The largest absolute Gasteiger partial charge is 0.321 e. The highest BCUT2D eigenvalue weighted by molar-refractivity contribution is 9.11. The number of rotatable bonds is 3. The summed E-state index contributed by atoms with van der Waals surface area (Å²) < 4.78 is 3.26. The standard InChI is InChI=1S/C14H12Br2ClN3O/c1-8-10(14(17)20(2)19-8)4-6-13(21)18-12-7-9(15)3-5-11(12)16/h3-7H,1-2H3,(H,18,21)/b6-4+. The van der Waals surface area contributed by atoms with E-state index in [9.17, 15) is 4.79 Å². The number of halogens is 3. The smallest absolute Gasteiger partial charge is 0.248 e. The predicted octanol–water partition coefficient (Wildman–Crippen LogP) is 4.56. The highest BCUT2D eigenvalue weighted by Crippen LogP contribution is 2.26. The molecule has 0 bridgehead atoms. The van der Waals surface area contributed by atoms with E-state index in [-0.39, 0.29) is 5.91 Å². The molecule has 0 fully saturated rings. The fraction of sp³-hybridized carbons (Fsp3) is 0.143. The van der Waals surface area contributed by atoms with Crippen LogP contribution in [0.1, 0.15) is 11.3 Å². The van der Waals surface area contributed by atoms with Crippen LogP contribution in [0.5, 0.6) is 0 Å². The van der Waals surface area contributed by atoms with Crippen molar-refractivity contribution in [1.82, 2.24) is 9.78 Å². The van der Waals surface area contributed by atoms with Crippen molar-refractivity contribution in [3.63, 3.8) is 0 Å². The Bertz CT molecular complexity index is 725. The minimum atomic E-state index is -0.242. The van der Waals surface area contributed by atoms with Gasteiger partial charge in [0.15, 0.2) is 0 Å². The SMILES string of the molecule is Cc1nn(C)c(Cl)c1/C=C/C(=O)Nc1cc(Br)ccc1Br. The van der Waals surface area contributed by atoms with Gasteiger partial charge in [0.2, 0.25) is 5.91 Å². The van der Waals surface area contributed by atoms with Gasteiger partial charge in [-0.3, -0.25) is 9.48 Å². The average molecular weight is 434 g/mol. The number of nitrogens with one attached hydrogen (secondary N) is 1. The summed E-state index contributed by atoms with van der Waals surface area (Å²) in [5.41, 5.74) is 2.20. The summed E-state index contributed by atoms with van der Waals surface area (Å²) in [6, 6.07) is 5.55. The zero-order valence-electron chi connectivity index (χ0n) is 11.3. The van der Waals surface area contributed by atoms with E-state index in [1.54, 1.807) is 17.8 Å². The van der Waals surface area contributed by atoms with E-state index in [2.05, 4.69) is 42.3 Å². The monoisotopic (exact) mass is 431 g/mol. The van der Waals surface area contributed by atoms with Crippen molar-refractivity contribution in [3.05, 3.63) is 49.6 Å². The van der Waals surface area contributed by atoms with Gasteiger partial charge in [-0.15, -0.1) is 0 Å². The molecule has 0 spiro atoms. The number of aromatic nitrogens is 2. The number of anilines is 1. The Morgan fingerprint density at radius 3 is 2.76 bits per heavy atom. The van der Waals surface area contributed by atoms with Crippen LogP contribution in [0.3, 0.4) is 0 Å². The van der Waals surface area contributed by atoms with E-state index in [1.165, 1.54) is 6.08 Å². The molecule has 2 rings (SSSR count). The molecule has 0 aliphatic carbocycles. The highest BCUT2D eigenvalue weighted by atomic mass is 79.9. The number of carbonyl (C=O) groups is 1. The van der Waals surface area contributed by atoms with Crippen LogP contribution in [-0.2, 0) is 11.8 Å². The van der Waals surface area contributed by atoms with Crippen molar-refractivity contribution < 1.29 is 4.79 Å². The van der Waals surface area contributed by atoms with E-state index in [0.29, 0.717) is 10.8 Å². The molecule has 1 heterocycles. The summed E-state index contributed by atoms with van der Waals surface area (Å²) in [4.78, 5) is 12.0. The van der Waals surface area contributed by atoms with E-state index in [0.717, 1.165) is 20.2 Å². The second-order valence-electron chi connectivity index (χ2n) is 4.36. The number of aryl methyl sites for hydroxylation is 2.